The number of nitrogens with zero attached hydrogens (tertiary/aromatic N) is 1. The maximum absolute atomic E-state index is 14.4. The highest BCUT2D eigenvalue weighted by atomic mass is 32.2. The largest absolute Gasteiger partial charge is 0.495 e. The number of thioether (sulfide) groups is 1. The van der Waals surface area contributed by atoms with E-state index in [0.717, 1.165) is 0 Å². The maximum Gasteiger partial charge on any atom is 0.447 e. The number of amides is 1. The Morgan fingerprint density at radius 1 is 1.26 bits per heavy atom. The molecule has 202 valence electrons. The standard InChI is InChI=1S/C26H27F4N5O2S/c1-31-24(36)16-7-8-21(23(14-16)37-2)33-10-3-5-17-13-22-20(34-19-9-11-32-15-18(19)27)6-4-12-35(22)25(17)38-26(28,29)30/h4,6-8,12-14,18-19,32-34H,9-11,15H2,1-2H3,(H,31,36)/t18-,19+/m0/s1. The first-order valence-corrected chi connectivity index (χ1v) is 12.7. The molecule has 7 nitrogen and oxygen atoms in total. The smallest absolute Gasteiger partial charge is 0.447 e. The maximum atomic E-state index is 14.4. The topological polar surface area (TPSA) is 78.8 Å². The summed E-state index contributed by atoms with van der Waals surface area (Å²) in [6, 6.07) is 9.34. The second kappa shape index (κ2) is 11.9. The second-order valence-corrected chi connectivity index (χ2v) is 9.55. The zero-order valence-electron chi connectivity index (χ0n) is 20.7. The van der Waals surface area contributed by atoms with Crippen LogP contribution in [0.1, 0.15) is 22.3 Å². The Morgan fingerprint density at radius 3 is 2.79 bits per heavy atom. The van der Waals surface area contributed by atoms with Crippen LogP contribution in [0.3, 0.4) is 0 Å². The summed E-state index contributed by atoms with van der Waals surface area (Å²) in [7, 11) is 2.99. The van der Waals surface area contributed by atoms with Crippen molar-refractivity contribution in [2.75, 3.05) is 44.4 Å². The zero-order valence-corrected chi connectivity index (χ0v) is 21.5. The molecule has 4 rings (SSSR count). The fourth-order valence-electron chi connectivity index (χ4n) is 4.18. The van der Waals surface area contributed by atoms with Crippen molar-refractivity contribution in [3.63, 3.8) is 0 Å². The van der Waals surface area contributed by atoms with Crippen molar-refractivity contribution < 1.29 is 27.1 Å². The minimum absolute atomic E-state index is 0.0710. The van der Waals surface area contributed by atoms with Gasteiger partial charge in [-0.3, -0.25) is 4.79 Å². The molecule has 1 aliphatic heterocycles. The fraction of sp³-hybridized carbons (Fsp3) is 0.346. The summed E-state index contributed by atoms with van der Waals surface area (Å²) in [5, 5.41) is 11.7. The summed E-state index contributed by atoms with van der Waals surface area (Å²) >= 11 is -0.244. The molecule has 1 amide bonds. The van der Waals surface area contributed by atoms with Gasteiger partial charge in [-0.05, 0) is 49.4 Å². The molecule has 38 heavy (non-hydrogen) atoms. The van der Waals surface area contributed by atoms with E-state index in [1.54, 1.807) is 36.4 Å². The van der Waals surface area contributed by atoms with Crippen molar-refractivity contribution in [3.05, 3.63) is 53.7 Å². The number of alkyl halides is 4. The van der Waals surface area contributed by atoms with E-state index in [9.17, 15) is 22.4 Å². The molecule has 2 atom stereocenters. The van der Waals surface area contributed by atoms with Crippen molar-refractivity contribution >= 4 is 34.6 Å². The minimum atomic E-state index is -4.52. The number of carbonyl (C=O) groups excluding carboxylic acids is 1. The lowest BCUT2D eigenvalue weighted by molar-refractivity contribution is -0.0329. The van der Waals surface area contributed by atoms with E-state index in [1.165, 1.54) is 24.8 Å². The van der Waals surface area contributed by atoms with Crippen LogP contribution in [0.2, 0.25) is 0 Å². The highest BCUT2D eigenvalue weighted by molar-refractivity contribution is 8.00. The Bertz CT molecular complexity index is 1370. The van der Waals surface area contributed by atoms with Gasteiger partial charge in [0, 0.05) is 37.1 Å². The number of piperidine rings is 1. The SMILES string of the molecule is CNC(=O)c1ccc(NCC#Cc2cc3c(N[C@@H]4CCNC[C@@H]4F)cccn3c2SC(F)(F)F)c(OC)c1. The number of rotatable bonds is 7. The number of anilines is 2. The number of aromatic nitrogens is 1. The molecule has 0 aliphatic carbocycles. The molecule has 3 heterocycles. The molecular formula is C26H27F4N5O2S. The van der Waals surface area contributed by atoms with Crippen molar-refractivity contribution in [1.82, 2.24) is 15.0 Å². The van der Waals surface area contributed by atoms with Crippen LogP contribution in [-0.4, -0.2) is 61.8 Å². The van der Waals surface area contributed by atoms with Crippen molar-refractivity contribution in [2.24, 2.45) is 0 Å². The Labute approximate surface area is 221 Å². The molecule has 1 fully saturated rings. The Balaban J connectivity index is 1.60. The average Bonchev–Trinajstić information content (AvgIpc) is 3.24. The highest BCUT2D eigenvalue weighted by Crippen LogP contribution is 2.40. The van der Waals surface area contributed by atoms with Gasteiger partial charge in [-0.2, -0.15) is 13.2 Å². The van der Waals surface area contributed by atoms with E-state index >= 15 is 0 Å². The lowest BCUT2D eigenvalue weighted by Gasteiger charge is -2.28. The van der Waals surface area contributed by atoms with E-state index in [-0.39, 0.29) is 41.3 Å². The number of carbonyl (C=O) groups is 1. The molecule has 3 aromatic rings. The van der Waals surface area contributed by atoms with Crippen molar-refractivity contribution in [3.8, 4) is 17.6 Å². The Kier molecular flexibility index (Phi) is 8.58. The van der Waals surface area contributed by atoms with Crippen molar-refractivity contribution in [1.29, 1.82) is 0 Å². The summed E-state index contributed by atoms with van der Waals surface area (Å²) in [4.78, 5) is 11.8. The van der Waals surface area contributed by atoms with Crippen LogP contribution in [0.4, 0.5) is 28.9 Å². The lowest BCUT2D eigenvalue weighted by Crippen LogP contribution is -2.45. The third-order valence-corrected chi connectivity index (χ3v) is 6.85. The van der Waals surface area contributed by atoms with Gasteiger partial charge in [0.15, 0.2) is 0 Å². The number of ether oxygens (including phenoxy) is 1. The van der Waals surface area contributed by atoms with Crippen LogP contribution in [0.25, 0.3) is 5.52 Å². The summed E-state index contributed by atoms with van der Waals surface area (Å²) in [5.41, 5.74) is -2.30. The van der Waals surface area contributed by atoms with E-state index in [1.807, 2.05) is 0 Å². The van der Waals surface area contributed by atoms with Gasteiger partial charge < -0.3 is 30.4 Å². The second-order valence-electron chi connectivity index (χ2n) is 8.50. The monoisotopic (exact) mass is 549 g/mol. The third-order valence-electron chi connectivity index (χ3n) is 6.01. The molecule has 0 unspecified atom stereocenters. The van der Waals surface area contributed by atoms with E-state index in [2.05, 4.69) is 33.1 Å². The van der Waals surface area contributed by atoms with Gasteiger partial charge in [0.2, 0.25) is 0 Å². The molecule has 0 radical (unpaired) electrons. The van der Waals surface area contributed by atoms with Crippen LogP contribution in [0.5, 0.6) is 5.75 Å². The van der Waals surface area contributed by atoms with Gasteiger partial charge in [-0.25, -0.2) is 4.39 Å². The first-order chi connectivity index (χ1) is 18.2. The van der Waals surface area contributed by atoms with Crippen LogP contribution in [-0.2, 0) is 0 Å². The van der Waals surface area contributed by atoms with Crippen LogP contribution >= 0.6 is 11.8 Å². The molecule has 0 bridgehead atoms. The predicted octanol–water partition coefficient (Wildman–Crippen LogP) is 4.49. The highest BCUT2D eigenvalue weighted by Gasteiger charge is 2.33. The van der Waals surface area contributed by atoms with Gasteiger partial charge in [0.05, 0.1) is 42.2 Å². The van der Waals surface area contributed by atoms with E-state index in [0.29, 0.717) is 41.2 Å². The number of benzene rings is 1. The number of nitrogens with one attached hydrogen (secondary N) is 4. The van der Waals surface area contributed by atoms with Gasteiger partial charge >= 0.3 is 5.51 Å². The Hall–Kier alpha value is -3.56. The molecule has 1 saturated heterocycles. The number of pyridine rings is 1. The molecule has 1 aromatic carbocycles. The van der Waals surface area contributed by atoms with Gasteiger partial charge in [0.25, 0.3) is 5.91 Å². The fourth-order valence-corrected chi connectivity index (χ4v) is 4.88. The van der Waals surface area contributed by atoms with Crippen molar-refractivity contribution in [2.45, 2.75) is 29.2 Å². The van der Waals surface area contributed by atoms with E-state index in [4.69, 9.17) is 4.74 Å². The normalized spacial score (nSPS) is 17.4. The van der Waals surface area contributed by atoms with Crippen LogP contribution in [0, 0.1) is 11.8 Å². The third kappa shape index (κ3) is 6.46. The number of halogens is 4. The first kappa shape index (κ1) is 27.5. The quantitative estimate of drug-likeness (QED) is 0.198. The average molecular weight is 550 g/mol. The lowest BCUT2D eigenvalue weighted by atomic mass is 10.0. The van der Waals surface area contributed by atoms with Gasteiger partial charge in [-0.1, -0.05) is 11.8 Å². The van der Waals surface area contributed by atoms with Gasteiger partial charge in [-0.15, -0.1) is 0 Å². The molecule has 1 aliphatic rings. The zero-order chi connectivity index (χ0) is 27.3. The molecule has 4 N–H and O–H groups in total. The summed E-state index contributed by atoms with van der Waals surface area (Å²) < 4.78 is 61.4. The summed E-state index contributed by atoms with van der Waals surface area (Å²) in [5.74, 6) is 5.87. The minimum Gasteiger partial charge on any atom is -0.495 e. The molecule has 0 spiro atoms. The predicted molar refractivity (Wildman–Crippen MR) is 141 cm³/mol. The molecule has 2 aromatic heterocycles. The van der Waals surface area contributed by atoms with Crippen LogP contribution in [0.15, 0.2) is 47.6 Å². The van der Waals surface area contributed by atoms with E-state index < -0.39 is 17.7 Å². The number of fused-ring (bicyclic) bond motifs is 1. The first-order valence-electron chi connectivity index (χ1n) is 11.8. The summed E-state index contributed by atoms with van der Waals surface area (Å²) in [6.45, 7) is 0.988. The molecule has 0 saturated carbocycles. The number of hydrogen-bond acceptors (Lipinski definition) is 6. The molecule has 12 heteroatoms. The van der Waals surface area contributed by atoms with Gasteiger partial charge in [0.1, 0.15) is 16.9 Å². The Morgan fingerprint density at radius 2 is 2.08 bits per heavy atom. The summed E-state index contributed by atoms with van der Waals surface area (Å²) in [6.07, 6.45) is 0.973. The molecular weight excluding hydrogens is 522 g/mol. The number of methoxy groups -OCH3 is 1. The van der Waals surface area contributed by atoms with Crippen LogP contribution < -0.4 is 26.0 Å². The number of hydrogen-bond donors (Lipinski definition) is 4.